The monoisotopic (exact) mass is 225 g/mol. The van der Waals surface area contributed by atoms with Crippen LogP contribution in [0.4, 0.5) is 0 Å². The van der Waals surface area contributed by atoms with E-state index >= 15 is 0 Å². The number of benzene rings is 1. The summed E-state index contributed by atoms with van der Waals surface area (Å²) in [5.74, 6) is 1.07. The van der Waals surface area contributed by atoms with Gasteiger partial charge in [-0.05, 0) is 18.7 Å². The van der Waals surface area contributed by atoms with Crippen molar-refractivity contribution < 1.29 is 5.11 Å². The van der Waals surface area contributed by atoms with Gasteiger partial charge in [-0.15, -0.1) is 0 Å². The summed E-state index contributed by atoms with van der Waals surface area (Å²) >= 11 is 1.80. The van der Waals surface area contributed by atoms with Crippen LogP contribution in [0.1, 0.15) is 12.5 Å². The maximum atomic E-state index is 10.2. The van der Waals surface area contributed by atoms with Gasteiger partial charge >= 0.3 is 0 Å². The number of aliphatic hydroxyl groups is 1. The summed E-state index contributed by atoms with van der Waals surface area (Å²) in [7, 11) is 0. The Hall–Kier alpha value is -0.510. The Morgan fingerprint density at radius 3 is 2.60 bits per heavy atom. The van der Waals surface area contributed by atoms with Gasteiger partial charge in [-0.3, -0.25) is 0 Å². The Bertz CT molecular complexity index is 274. The molecule has 2 nitrogen and oxygen atoms in total. The third kappa shape index (κ3) is 4.24. The average Bonchev–Trinajstić information content (AvgIpc) is 2.26. The predicted octanol–water partition coefficient (Wildman–Crippen LogP) is 1.85. The van der Waals surface area contributed by atoms with Gasteiger partial charge in [-0.2, -0.15) is 11.8 Å². The van der Waals surface area contributed by atoms with E-state index in [1.807, 2.05) is 37.3 Å². The largest absolute Gasteiger partial charge is 0.384 e. The zero-order valence-corrected chi connectivity index (χ0v) is 10.2. The molecule has 1 rings (SSSR count). The van der Waals surface area contributed by atoms with Gasteiger partial charge in [0.25, 0.3) is 0 Å². The number of thioether (sulfide) groups is 1. The maximum absolute atomic E-state index is 10.2. The first-order chi connectivity index (χ1) is 7.17. The first-order valence-electron chi connectivity index (χ1n) is 5.14. The number of nitrogens with one attached hydrogen (secondary N) is 1. The topological polar surface area (TPSA) is 32.3 Å². The molecule has 2 N–H and O–H groups in total. The van der Waals surface area contributed by atoms with E-state index in [2.05, 4.69) is 11.6 Å². The molecule has 0 saturated heterocycles. The highest BCUT2D eigenvalue weighted by Gasteiger charge is 2.21. The molecule has 0 spiro atoms. The van der Waals surface area contributed by atoms with Crippen molar-refractivity contribution in [3.8, 4) is 0 Å². The number of hydrogen-bond acceptors (Lipinski definition) is 3. The van der Waals surface area contributed by atoms with Crippen LogP contribution in [0.3, 0.4) is 0 Å². The van der Waals surface area contributed by atoms with Gasteiger partial charge in [0.05, 0.1) is 5.60 Å². The lowest BCUT2D eigenvalue weighted by Gasteiger charge is -2.24. The van der Waals surface area contributed by atoms with Gasteiger partial charge in [0.2, 0.25) is 0 Å². The van der Waals surface area contributed by atoms with Crippen LogP contribution in [0.2, 0.25) is 0 Å². The Morgan fingerprint density at radius 2 is 2.00 bits per heavy atom. The van der Waals surface area contributed by atoms with Crippen LogP contribution in [0.15, 0.2) is 30.3 Å². The van der Waals surface area contributed by atoms with Gasteiger partial charge in [0, 0.05) is 18.8 Å². The predicted molar refractivity (Wildman–Crippen MR) is 67.3 cm³/mol. The van der Waals surface area contributed by atoms with E-state index in [9.17, 15) is 5.11 Å². The van der Waals surface area contributed by atoms with E-state index in [1.165, 1.54) is 0 Å². The van der Waals surface area contributed by atoms with E-state index in [-0.39, 0.29) is 0 Å². The Morgan fingerprint density at radius 1 is 1.33 bits per heavy atom. The molecule has 0 aromatic heterocycles. The molecule has 0 aliphatic rings. The molecule has 1 unspecified atom stereocenters. The molecule has 0 bridgehead atoms. The van der Waals surface area contributed by atoms with Crippen LogP contribution >= 0.6 is 11.8 Å². The lowest BCUT2D eigenvalue weighted by atomic mass is 9.96. The van der Waals surface area contributed by atoms with Crippen LogP contribution in [0, 0.1) is 0 Å². The van der Waals surface area contributed by atoms with Crippen LogP contribution in [-0.4, -0.2) is 30.2 Å². The summed E-state index contributed by atoms with van der Waals surface area (Å²) in [6, 6.07) is 9.77. The molecule has 15 heavy (non-hydrogen) atoms. The van der Waals surface area contributed by atoms with E-state index < -0.39 is 5.60 Å². The number of rotatable bonds is 6. The molecule has 0 aliphatic carbocycles. The Kier molecular flexibility index (Phi) is 5.15. The second-order valence-corrected chi connectivity index (χ2v) is 4.80. The third-order valence-corrected chi connectivity index (χ3v) is 2.96. The Balaban J connectivity index is 2.45. The van der Waals surface area contributed by atoms with E-state index in [0.717, 1.165) is 17.9 Å². The molecular weight excluding hydrogens is 206 g/mol. The third-order valence-electron chi connectivity index (χ3n) is 2.35. The number of hydrogen-bond donors (Lipinski definition) is 2. The van der Waals surface area contributed by atoms with Gasteiger partial charge in [0.15, 0.2) is 0 Å². The summed E-state index contributed by atoms with van der Waals surface area (Å²) in [6.45, 7) is 3.37. The van der Waals surface area contributed by atoms with Crippen molar-refractivity contribution in [2.75, 3.05) is 25.1 Å². The SMILES string of the molecule is CSCCNCC(C)(O)c1ccccc1. The molecule has 3 heteroatoms. The maximum Gasteiger partial charge on any atom is 0.0992 e. The lowest BCUT2D eigenvalue weighted by Crippen LogP contribution is -2.36. The van der Waals surface area contributed by atoms with E-state index in [4.69, 9.17) is 0 Å². The molecule has 0 aliphatic heterocycles. The minimum Gasteiger partial charge on any atom is -0.384 e. The fourth-order valence-electron chi connectivity index (χ4n) is 1.41. The van der Waals surface area contributed by atoms with Gasteiger partial charge in [0.1, 0.15) is 0 Å². The van der Waals surface area contributed by atoms with Crippen LogP contribution < -0.4 is 5.32 Å². The van der Waals surface area contributed by atoms with Gasteiger partial charge in [-0.1, -0.05) is 30.3 Å². The molecule has 0 amide bonds. The normalized spacial score (nSPS) is 14.9. The summed E-state index contributed by atoms with van der Waals surface area (Å²) in [4.78, 5) is 0. The van der Waals surface area contributed by atoms with Crippen molar-refractivity contribution >= 4 is 11.8 Å². The fraction of sp³-hybridized carbons (Fsp3) is 0.500. The highest BCUT2D eigenvalue weighted by Crippen LogP contribution is 2.18. The van der Waals surface area contributed by atoms with Crippen molar-refractivity contribution in [3.63, 3.8) is 0 Å². The zero-order valence-electron chi connectivity index (χ0n) is 9.36. The van der Waals surface area contributed by atoms with Crippen molar-refractivity contribution in [3.05, 3.63) is 35.9 Å². The minimum atomic E-state index is -0.778. The highest BCUT2D eigenvalue weighted by molar-refractivity contribution is 7.98. The molecule has 0 heterocycles. The Labute approximate surface area is 96.1 Å². The first kappa shape index (κ1) is 12.6. The minimum absolute atomic E-state index is 0.595. The van der Waals surface area contributed by atoms with Crippen molar-refractivity contribution in [1.82, 2.24) is 5.32 Å². The molecule has 1 atom stereocenters. The van der Waals surface area contributed by atoms with Crippen molar-refractivity contribution in [2.45, 2.75) is 12.5 Å². The summed E-state index contributed by atoms with van der Waals surface area (Å²) in [5, 5.41) is 13.5. The fourth-order valence-corrected chi connectivity index (χ4v) is 1.75. The molecule has 0 fully saturated rings. The molecule has 1 aromatic rings. The van der Waals surface area contributed by atoms with Gasteiger partial charge in [-0.25, -0.2) is 0 Å². The van der Waals surface area contributed by atoms with Crippen molar-refractivity contribution in [1.29, 1.82) is 0 Å². The summed E-state index contributed by atoms with van der Waals surface area (Å²) in [5.41, 5.74) is 0.182. The van der Waals surface area contributed by atoms with Crippen LogP contribution in [0.25, 0.3) is 0 Å². The quantitative estimate of drug-likeness (QED) is 0.725. The van der Waals surface area contributed by atoms with E-state index in [0.29, 0.717) is 6.54 Å². The van der Waals surface area contributed by atoms with Gasteiger partial charge < -0.3 is 10.4 Å². The standard InChI is InChI=1S/C12H19NOS/c1-12(14,10-13-8-9-15-2)11-6-4-3-5-7-11/h3-7,13-14H,8-10H2,1-2H3. The molecule has 0 radical (unpaired) electrons. The molecular formula is C12H19NOS. The zero-order chi connectivity index (χ0) is 11.1. The summed E-state index contributed by atoms with van der Waals surface area (Å²) in [6.07, 6.45) is 2.08. The second-order valence-electron chi connectivity index (χ2n) is 3.81. The van der Waals surface area contributed by atoms with Crippen molar-refractivity contribution in [2.24, 2.45) is 0 Å². The molecule has 1 aromatic carbocycles. The average molecular weight is 225 g/mol. The highest BCUT2D eigenvalue weighted by atomic mass is 32.2. The smallest absolute Gasteiger partial charge is 0.0992 e. The first-order valence-corrected chi connectivity index (χ1v) is 6.54. The van der Waals surface area contributed by atoms with E-state index in [1.54, 1.807) is 11.8 Å². The lowest BCUT2D eigenvalue weighted by molar-refractivity contribution is 0.0577. The molecule has 0 saturated carbocycles. The van der Waals surface area contributed by atoms with Crippen LogP contribution in [0.5, 0.6) is 0 Å². The second kappa shape index (κ2) is 6.16. The summed E-state index contributed by atoms with van der Waals surface area (Å²) < 4.78 is 0. The molecule has 84 valence electrons. The van der Waals surface area contributed by atoms with Crippen LogP contribution in [-0.2, 0) is 5.60 Å².